The first-order valence-corrected chi connectivity index (χ1v) is 10.7. The Morgan fingerprint density at radius 3 is 2.66 bits per heavy atom. The Bertz CT molecular complexity index is 1260. The van der Waals surface area contributed by atoms with Gasteiger partial charge < -0.3 is 10.6 Å². The van der Waals surface area contributed by atoms with Gasteiger partial charge in [-0.15, -0.1) is 0 Å². The van der Waals surface area contributed by atoms with Crippen molar-refractivity contribution >= 4 is 23.0 Å². The summed E-state index contributed by atoms with van der Waals surface area (Å²) < 4.78 is 16.8. The van der Waals surface area contributed by atoms with E-state index < -0.39 is 17.4 Å². The topological polar surface area (TPSA) is 116 Å². The number of imidazole rings is 1. The molecule has 1 aliphatic rings. The van der Waals surface area contributed by atoms with Crippen molar-refractivity contribution < 1.29 is 14.0 Å². The molecule has 1 aliphatic heterocycles. The first-order chi connectivity index (χ1) is 15.3. The van der Waals surface area contributed by atoms with Crippen molar-refractivity contribution in [3.8, 4) is 5.69 Å². The summed E-state index contributed by atoms with van der Waals surface area (Å²) in [7, 11) is 0. The summed E-state index contributed by atoms with van der Waals surface area (Å²) >= 11 is 0. The van der Waals surface area contributed by atoms with E-state index in [1.165, 1.54) is 18.2 Å². The molecule has 9 nitrogen and oxygen atoms in total. The average molecular weight is 440 g/mol. The lowest BCUT2D eigenvalue weighted by Crippen LogP contribution is -2.45. The summed E-state index contributed by atoms with van der Waals surface area (Å²) in [6.45, 7) is 3.86. The number of nitrogens with two attached hydrogens (primary N) is 1. The zero-order chi connectivity index (χ0) is 23.0. The summed E-state index contributed by atoms with van der Waals surface area (Å²) in [5, 5.41) is 0. The molecule has 0 bridgehead atoms. The Hall–Kier alpha value is -3.56. The van der Waals surface area contributed by atoms with Gasteiger partial charge in [0, 0.05) is 12.6 Å². The van der Waals surface area contributed by atoms with E-state index in [2.05, 4.69) is 9.97 Å². The lowest BCUT2D eigenvalue weighted by molar-refractivity contribution is -0.135. The molecule has 0 spiro atoms. The van der Waals surface area contributed by atoms with Gasteiger partial charge in [-0.25, -0.2) is 23.7 Å². The quantitative estimate of drug-likeness (QED) is 0.651. The van der Waals surface area contributed by atoms with E-state index in [4.69, 9.17) is 5.73 Å². The summed E-state index contributed by atoms with van der Waals surface area (Å²) in [5.41, 5.74) is 4.68. The van der Waals surface area contributed by atoms with Crippen molar-refractivity contribution in [2.45, 2.75) is 52.1 Å². The van der Waals surface area contributed by atoms with Crippen LogP contribution < -0.4 is 11.4 Å². The fourth-order valence-corrected chi connectivity index (χ4v) is 4.41. The third-order valence-corrected chi connectivity index (χ3v) is 5.92. The van der Waals surface area contributed by atoms with Crippen molar-refractivity contribution in [1.29, 1.82) is 0 Å². The predicted molar refractivity (Wildman–Crippen MR) is 116 cm³/mol. The first kappa shape index (κ1) is 21.7. The van der Waals surface area contributed by atoms with Crippen LogP contribution in [-0.4, -0.2) is 48.4 Å². The highest BCUT2D eigenvalue weighted by Gasteiger charge is 2.29. The molecule has 2 N–H and O–H groups in total. The molecule has 1 unspecified atom stereocenters. The van der Waals surface area contributed by atoms with Crippen LogP contribution in [0.4, 0.5) is 4.39 Å². The van der Waals surface area contributed by atoms with Crippen LogP contribution in [-0.2, 0) is 11.3 Å². The second-order valence-corrected chi connectivity index (χ2v) is 7.96. The fraction of sp³-hybridized carbons (Fsp3) is 0.409. The van der Waals surface area contributed by atoms with E-state index in [0.717, 1.165) is 34.8 Å². The number of aryl methyl sites for hydroxylation is 1. The number of likely N-dealkylation sites (tertiary alicyclic amines) is 1. The van der Waals surface area contributed by atoms with Gasteiger partial charge in [0.25, 0.3) is 5.91 Å². The smallest absolute Gasteiger partial charge is 0.335 e. The molecule has 1 saturated heterocycles. The second kappa shape index (κ2) is 8.52. The molecule has 0 radical (unpaired) electrons. The number of halogens is 1. The molecule has 1 fully saturated rings. The molecule has 3 heterocycles. The second-order valence-electron chi connectivity index (χ2n) is 7.96. The third-order valence-electron chi connectivity index (χ3n) is 5.92. The number of hydrogen-bond donors (Lipinski definition) is 1. The zero-order valence-electron chi connectivity index (χ0n) is 18.0. The molecule has 1 aromatic carbocycles. The van der Waals surface area contributed by atoms with Crippen LogP contribution >= 0.6 is 0 Å². The largest absolute Gasteiger partial charge is 0.364 e. The van der Waals surface area contributed by atoms with E-state index in [-0.39, 0.29) is 46.9 Å². The predicted octanol–water partition coefficient (Wildman–Crippen LogP) is 1.92. The highest BCUT2D eigenvalue weighted by molar-refractivity contribution is 6.02. The minimum Gasteiger partial charge on any atom is -0.364 e. The summed E-state index contributed by atoms with van der Waals surface area (Å²) in [6.07, 6.45) is 3.66. The first-order valence-electron chi connectivity index (χ1n) is 10.7. The highest BCUT2D eigenvalue weighted by atomic mass is 19.1. The number of nitrogens with zero attached hydrogens (tertiary/aromatic N) is 5. The number of rotatable bonds is 5. The van der Waals surface area contributed by atoms with Crippen molar-refractivity contribution in [2.75, 3.05) is 6.54 Å². The fourth-order valence-electron chi connectivity index (χ4n) is 4.41. The van der Waals surface area contributed by atoms with Crippen molar-refractivity contribution in [3.05, 3.63) is 52.1 Å². The van der Waals surface area contributed by atoms with E-state index in [0.29, 0.717) is 6.54 Å². The summed E-state index contributed by atoms with van der Waals surface area (Å²) in [4.78, 5) is 49.0. The maximum atomic E-state index is 14.6. The molecule has 1 atom stereocenters. The standard InChI is InChI=1S/C22H25FN6O3/c1-3-14-8-6-7-11-27(14)17(30)12-28-19-18(20(24)31)25-13(2)26-21(19)29(22(28)32)16-10-5-4-9-15(16)23/h4-5,9-10,14H,3,6-8,11-12H2,1-2H3,(H2,24,31). The maximum absolute atomic E-state index is 14.6. The normalized spacial score (nSPS) is 16.5. The molecule has 168 valence electrons. The molecule has 3 aromatic rings. The van der Waals surface area contributed by atoms with E-state index in [1.54, 1.807) is 17.9 Å². The number of benzene rings is 1. The van der Waals surface area contributed by atoms with Crippen molar-refractivity contribution in [2.24, 2.45) is 5.73 Å². The number of primary amides is 1. The zero-order valence-corrected chi connectivity index (χ0v) is 18.0. The maximum Gasteiger partial charge on any atom is 0.335 e. The van der Waals surface area contributed by atoms with Crippen LogP contribution in [0.15, 0.2) is 29.1 Å². The Morgan fingerprint density at radius 2 is 1.97 bits per heavy atom. The number of aromatic nitrogens is 4. The monoisotopic (exact) mass is 440 g/mol. The molecule has 10 heteroatoms. The van der Waals surface area contributed by atoms with Gasteiger partial charge in [-0.1, -0.05) is 19.1 Å². The Labute approximate surface area is 183 Å². The van der Waals surface area contributed by atoms with Crippen LogP contribution in [0.1, 0.15) is 48.9 Å². The number of carbonyl (C=O) groups excluding carboxylic acids is 2. The summed E-state index contributed by atoms with van der Waals surface area (Å²) in [6, 6.07) is 5.84. The third kappa shape index (κ3) is 3.65. The lowest BCUT2D eigenvalue weighted by Gasteiger charge is -2.35. The van der Waals surface area contributed by atoms with Gasteiger partial charge in [-0.05, 0) is 44.7 Å². The number of carbonyl (C=O) groups is 2. The molecule has 0 aliphatic carbocycles. The lowest BCUT2D eigenvalue weighted by atomic mass is 10.00. The Kier molecular flexibility index (Phi) is 5.77. The van der Waals surface area contributed by atoms with Crippen LogP contribution in [0.5, 0.6) is 0 Å². The van der Waals surface area contributed by atoms with Crippen LogP contribution in [0.3, 0.4) is 0 Å². The molecule has 2 amide bonds. The van der Waals surface area contributed by atoms with Gasteiger partial charge in [-0.2, -0.15) is 0 Å². The van der Waals surface area contributed by atoms with Gasteiger partial charge in [0.15, 0.2) is 11.3 Å². The number of piperidine rings is 1. The van der Waals surface area contributed by atoms with Gasteiger partial charge in [-0.3, -0.25) is 14.2 Å². The van der Waals surface area contributed by atoms with E-state index in [1.807, 2.05) is 6.92 Å². The van der Waals surface area contributed by atoms with Crippen molar-refractivity contribution in [3.63, 3.8) is 0 Å². The molecule has 2 aromatic heterocycles. The van der Waals surface area contributed by atoms with E-state index >= 15 is 0 Å². The number of fused-ring (bicyclic) bond motifs is 1. The molecular weight excluding hydrogens is 415 g/mol. The summed E-state index contributed by atoms with van der Waals surface area (Å²) in [5.74, 6) is -1.56. The average Bonchev–Trinajstić information content (AvgIpc) is 3.04. The minimum absolute atomic E-state index is 0.0229. The van der Waals surface area contributed by atoms with E-state index in [9.17, 15) is 18.8 Å². The molecule has 4 rings (SSSR count). The van der Waals surface area contributed by atoms with Gasteiger partial charge in [0.05, 0.1) is 5.69 Å². The highest BCUT2D eigenvalue weighted by Crippen LogP contribution is 2.23. The minimum atomic E-state index is -0.864. The number of hydrogen-bond acceptors (Lipinski definition) is 5. The molecule has 0 saturated carbocycles. The Morgan fingerprint density at radius 1 is 1.22 bits per heavy atom. The molecule has 32 heavy (non-hydrogen) atoms. The SMILES string of the molecule is CCC1CCCCN1C(=O)Cn1c(=O)n(-c2ccccc2F)c2nc(C)nc(C(N)=O)c21. The van der Waals surface area contributed by atoms with Crippen LogP contribution in [0.2, 0.25) is 0 Å². The number of amides is 2. The van der Waals surface area contributed by atoms with Crippen molar-refractivity contribution in [1.82, 2.24) is 24.0 Å². The van der Waals surface area contributed by atoms with Gasteiger partial charge >= 0.3 is 5.69 Å². The molecular formula is C22H25FN6O3. The number of para-hydroxylation sites is 1. The van der Waals surface area contributed by atoms with Gasteiger partial charge in [0.2, 0.25) is 5.91 Å². The van der Waals surface area contributed by atoms with Gasteiger partial charge in [0.1, 0.15) is 23.7 Å². The van der Waals surface area contributed by atoms with Crippen LogP contribution in [0.25, 0.3) is 16.9 Å². The Balaban J connectivity index is 1.93. The van der Waals surface area contributed by atoms with Crippen LogP contribution in [0, 0.1) is 12.7 Å².